The van der Waals surface area contributed by atoms with E-state index in [1.165, 1.54) is 0 Å². The second-order valence-electron chi connectivity index (χ2n) is 5.49. The number of carbonyl (C=O) groups excluding carboxylic acids is 1. The lowest BCUT2D eigenvalue weighted by Gasteiger charge is -2.26. The van der Waals surface area contributed by atoms with E-state index in [0.29, 0.717) is 26.1 Å². The molecule has 1 heterocycles. The number of benzene rings is 1. The zero-order chi connectivity index (χ0) is 17.9. The van der Waals surface area contributed by atoms with Gasteiger partial charge in [-0.2, -0.15) is 10.5 Å². The Kier molecular flexibility index (Phi) is 7.24. The van der Waals surface area contributed by atoms with Crippen molar-refractivity contribution in [3.05, 3.63) is 54.5 Å². The highest BCUT2D eigenvalue weighted by atomic mass is 16.3. The van der Waals surface area contributed by atoms with E-state index in [1.54, 1.807) is 17.2 Å². The summed E-state index contributed by atoms with van der Waals surface area (Å²) < 4.78 is 5.34. The van der Waals surface area contributed by atoms with Crippen molar-refractivity contribution in [2.75, 3.05) is 24.5 Å². The third-order valence-electron chi connectivity index (χ3n) is 3.67. The van der Waals surface area contributed by atoms with Crippen molar-refractivity contribution in [3.63, 3.8) is 0 Å². The van der Waals surface area contributed by atoms with Crippen LogP contribution in [0.3, 0.4) is 0 Å². The van der Waals surface area contributed by atoms with Crippen molar-refractivity contribution in [3.8, 4) is 12.1 Å². The van der Waals surface area contributed by atoms with Gasteiger partial charge in [0.15, 0.2) is 0 Å². The van der Waals surface area contributed by atoms with Crippen LogP contribution in [0.4, 0.5) is 5.69 Å². The van der Waals surface area contributed by atoms with Crippen LogP contribution in [0.2, 0.25) is 0 Å². The Bertz CT molecular complexity index is 729. The van der Waals surface area contributed by atoms with Gasteiger partial charge >= 0.3 is 0 Å². The van der Waals surface area contributed by atoms with Crippen LogP contribution in [0.1, 0.15) is 18.6 Å². The highest BCUT2D eigenvalue weighted by Gasteiger charge is 2.19. The van der Waals surface area contributed by atoms with Crippen LogP contribution in [0.15, 0.2) is 53.1 Å². The van der Waals surface area contributed by atoms with Crippen molar-refractivity contribution >= 4 is 11.6 Å². The number of rotatable bonds is 9. The number of hydrogen-bond acceptors (Lipinski definition) is 5. The molecule has 0 spiro atoms. The van der Waals surface area contributed by atoms with Crippen LogP contribution < -0.4 is 4.90 Å². The minimum atomic E-state index is -0.106. The summed E-state index contributed by atoms with van der Waals surface area (Å²) in [5.74, 6) is 0.639. The van der Waals surface area contributed by atoms with Gasteiger partial charge < -0.3 is 9.32 Å². The predicted octanol–water partition coefficient (Wildman–Crippen LogP) is 2.94. The lowest BCUT2D eigenvalue weighted by atomic mass is 10.2. The van der Waals surface area contributed by atoms with Crippen LogP contribution >= 0.6 is 0 Å². The first kappa shape index (κ1) is 18.3. The number of hydrogen-bond donors (Lipinski definition) is 0. The topological polar surface area (TPSA) is 84.3 Å². The number of nitriles is 2. The van der Waals surface area contributed by atoms with Crippen molar-refractivity contribution in [1.29, 1.82) is 10.5 Å². The molecule has 0 saturated heterocycles. The van der Waals surface area contributed by atoms with Crippen molar-refractivity contribution < 1.29 is 9.21 Å². The Hall–Kier alpha value is -3.09. The first-order chi connectivity index (χ1) is 12.2. The maximum Gasteiger partial charge on any atom is 0.241 e. The molecule has 0 atom stereocenters. The number of furan rings is 1. The molecule has 128 valence electrons. The molecule has 6 nitrogen and oxygen atoms in total. The molecule has 0 aliphatic carbocycles. The van der Waals surface area contributed by atoms with Gasteiger partial charge in [0.05, 0.1) is 37.9 Å². The normalized spacial score (nSPS) is 10.2. The van der Waals surface area contributed by atoms with Crippen LogP contribution in [0.25, 0.3) is 0 Å². The molecule has 25 heavy (non-hydrogen) atoms. The van der Waals surface area contributed by atoms with E-state index in [-0.39, 0.29) is 18.9 Å². The molecule has 0 radical (unpaired) electrons. The molecule has 0 saturated carbocycles. The minimum absolute atomic E-state index is 0.106. The van der Waals surface area contributed by atoms with Crippen LogP contribution in [-0.4, -0.2) is 30.4 Å². The molecular weight excluding hydrogens is 316 g/mol. The fraction of sp³-hybridized carbons (Fsp3) is 0.316. The molecule has 2 aromatic rings. The van der Waals surface area contributed by atoms with E-state index in [1.807, 2.05) is 41.3 Å². The number of para-hydroxylation sites is 1. The zero-order valence-corrected chi connectivity index (χ0v) is 14.0. The average molecular weight is 336 g/mol. The third kappa shape index (κ3) is 5.80. The first-order valence-corrected chi connectivity index (χ1v) is 8.08. The van der Waals surface area contributed by atoms with Gasteiger partial charge in [-0.25, -0.2) is 0 Å². The molecule has 0 unspecified atom stereocenters. The van der Waals surface area contributed by atoms with E-state index >= 15 is 0 Å². The molecule has 0 N–H and O–H groups in total. The standard InChI is InChI=1S/C19H20N4O2/c20-10-5-12-22(15-18-9-4-14-25-18)16-19(24)23(13-6-11-21)17-7-2-1-3-8-17/h1-4,7-9,14H,5-6,12-13,15-16H2. The molecule has 2 rings (SSSR count). The van der Waals surface area contributed by atoms with Crippen molar-refractivity contribution in [1.82, 2.24) is 4.90 Å². The van der Waals surface area contributed by atoms with Gasteiger partial charge in [-0.05, 0) is 24.3 Å². The summed E-state index contributed by atoms with van der Waals surface area (Å²) in [6, 6.07) is 17.1. The quantitative estimate of drug-likeness (QED) is 0.703. The molecule has 6 heteroatoms. The van der Waals surface area contributed by atoms with Gasteiger partial charge in [-0.1, -0.05) is 18.2 Å². The smallest absolute Gasteiger partial charge is 0.241 e. The highest BCUT2D eigenvalue weighted by Crippen LogP contribution is 2.15. The molecule has 0 aliphatic heterocycles. The van der Waals surface area contributed by atoms with Gasteiger partial charge in [0.1, 0.15) is 5.76 Å². The second kappa shape index (κ2) is 9.92. The number of anilines is 1. The zero-order valence-electron chi connectivity index (χ0n) is 14.0. The Labute approximate surface area is 147 Å². The average Bonchev–Trinajstić information content (AvgIpc) is 3.14. The van der Waals surface area contributed by atoms with Gasteiger partial charge in [0.25, 0.3) is 0 Å². The largest absolute Gasteiger partial charge is 0.468 e. The summed E-state index contributed by atoms with van der Waals surface area (Å²) in [6.45, 7) is 1.43. The van der Waals surface area contributed by atoms with E-state index in [2.05, 4.69) is 12.1 Å². The molecular formula is C19H20N4O2. The van der Waals surface area contributed by atoms with Crippen LogP contribution in [0.5, 0.6) is 0 Å². The van der Waals surface area contributed by atoms with E-state index in [4.69, 9.17) is 14.9 Å². The molecule has 0 fully saturated rings. The third-order valence-corrected chi connectivity index (χ3v) is 3.67. The maximum atomic E-state index is 12.8. The van der Waals surface area contributed by atoms with Gasteiger partial charge in [0.2, 0.25) is 5.91 Å². The lowest BCUT2D eigenvalue weighted by molar-refractivity contribution is -0.119. The Morgan fingerprint density at radius 2 is 1.72 bits per heavy atom. The highest BCUT2D eigenvalue weighted by molar-refractivity contribution is 5.94. The molecule has 0 bridgehead atoms. The summed E-state index contributed by atoms with van der Waals surface area (Å²) in [6.07, 6.45) is 2.18. The van der Waals surface area contributed by atoms with Gasteiger partial charge in [0, 0.05) is 25.2 Å². The minimum Gasteiger partial charge on any atom is -0.468 e. The number of amides is 1. The summed E-state index contributed by atoms with van der Waals surface area (Å²) in [5.41, 5.74) is 0.765. The Balaban J connectivity index is 2.09. The molecule has 1 amide bonds. The number of carbonyl (C=O) groups is 1. The summed E-state index contributed by atoms with van der Waals surface area (Å²) in [4.78, 5) is 16.3. The van der Waals surface area contributed by atoms with Crippen LogP contribution in [0, 0.1) is 22.7 Å². The number of nitrogens with zero attached hydrogens (tertiary/aromatic N) is 4. The van der Waals surface area contributed by atoms with E-state index in [9.17, 15) is 4.79 Å². The predicted molar refractivity (Wildman–Crippen MR) is 93.2 cm³/mol. The SMILES string of the molecule is N#CCCN(CC(=O)N(CCC#N)c1ccccc1)Cc1ccco1. The summed E-state index contributed by atoms with van der Waals surface area (Å²) in [5, 5.41) is 17.7. The molecule has 1 aromatic heterocycles. The maximum absolute atomic E-state index is 12.8. The monoisotopic (exact) mass is 336 g/mol. The van der Waals surface area contributed by atoms with Crippen molar-refractivity contribution in [2.24, 2.45) is 0 Å². The fourth-order valence-corrected chi connectivity index (χ4v) is 2.49. The Morgan fingerprint density at radius 1 is 1.00 bits per heavy atom. The fourth-order valence-electron chi connectivity index (χ4n) is 2.49. The lowest BCUT2D eigenvalue weighted by Crippen LogP contribution is -2.41. The van der Waals surface area contributed by atoms with Gasteiger partial charge in [-0.3, -0.25) is 9.69 Å². The van der Waals surface area contributed by atoms with E-state index in [0.717, 1.165) is 11.4 Å². The Morgan fingerprint density at radius 3 is 2.36 bits per heavy atom. The van der Waals surface area contributed by atoms with Gasteiger partial charge in [-0.15, -0.1) is 0 Å². The van der Waals surface area contributed by atoms with Crippen molar-refractivity contribution in [2.45, 2.75) is 19.4 Å². The molecule has 0 aliphatic rings. The summed E-state index contributed by atoms with van der Waals surface area (Å²) in [7, 11) is 0. The van der Waals surface area contributed by atoms with E-state index < -0.39 is 0 Å². The summed E-state index contributed by atoms with van der Waals surface area (Å²) >= 11 is 0. The van der Waals surface area contributed by atoms with Crippen LogP contribution in [-0.2, 0) is 11.3 Å². The first-order valence-electron chi connectivity index (χ1n) is 8.08. The second-order valence-corrected chi connectivity index (χ2v) is 5.49. The molecule has 1 aromatic carbocycles.